The average Bonchev–Trinajstić information content (AvgIpc) is 0.949. The first-order valence-electron chi connectivity index (χ1n) is 39.5. The molecular weight excluding hydrogens is 1540 g/mol. The van der Waals surface area contributed by atoms with Gasteiger partial charge in [0.2, 0.25) is 0 Å². The standard InChI is InChI=1S/2C7H10F6.6C7H13F3.C7H16.3C6H14/c1-4(2)3-5(6(8,9)10)7(11,12)13;1-2-3-4-5(6(8,9)10)7(11,12)13;1-5(2)6(3,4)7(8,9)10;1-4-5-6(2,3)7(8,9)10;1-4-5(2)6(3)7(8,9)10;1-3-4-6(2)5-7(8,9)10;1-3-6(4-2)5-7(8,9)10;1-2-3-4-5-6-7(8,9)10;1-4-5-6-7(2)3;2*1-5-6(2,3)4;1-4-6(3)5-2/h4-5H,3H2,1-2H3;5H,2-4H2,1H3;5H,1-4H3;4-5H2,1-3H3;5-6H,4H2,1-3H3;2*6H,3-5H2,1-2H3;2-6H2,1H3;7H,4-6H2,1-3H3;2*5H2,1-4H3;6H,4-5H2,1-3H3/t;;;;5-,6?;6-;;;;;;/m....00....../s1. The van der Waals surface area contributed by atoms with Gasteiger partial charge in [-0.25, -0.2) is 0 Å². The Labute approximate surface area is 654 Å². The van der Waals surface area contributed by atoms with E-state index in [1.807, 2.05) is 13.8 Å². The van der Waals surface area contributed by atoms with Gasteiger partial charge in [0.25, 0.3) is 0 Å². The molecule has 1 unspecified atom stereocenters. The number of hydrogen-bond donors (Lipinski definition) is 0. The summed E-state index contributed by atoms with van der Waals surface area (Å²) in [5, 5.41) is 0. The first kappa shape index (κ1) is 135. The molecule has 0 aliphatic rings. The van der Waals surface area contributed by atoms with Crippen molar-refractivity contribution >= 4 is 0 Å². The third-order valence-corrected chi connectivity index (χ3v) is 18.0. The highest BCUT2D eigenvalue weighted by Crippen LogP contribution is 2.46. The van der Waals surface area contributed by atoms with Crippen molar-refractivity contribution in [1.29, 1.82) is 0 Å². The van der Waals surface area contributed by atoms with Gasteiger partial charge in [-0.15, -0.1) is 0 Å². The lowest BCUT2D eigenvalue weighted by molar-refractivity contribution is -0.288. The van der Waals surface area contributed by atoms with Crippen molar-refractivity contribution in [2.75, 3.05) is 0 Å². The zero-order valence-electron chi connectivity index (χ0n) is 73.8. The Balaban J connectivity index is -0.0000000970. The summed E-state index contributed by atoms with van der Waals surface area (Å²) in [6.07, 6.45) is -31.9. The van der Waals surface area contributed by atoms with Gasteiger partial charge in [0.15, 0.2) is 11.8 Å². The van der Waals surface area contributed by atoms with E-state index in [-0.39, 0.29) is 42.9 Å². The molecule has 0 rings (SSSR count). The first-order chi connectivity index (χ1) is 48.8. The number of alkyl halides is 30. The molecule has 0 saturated carbocycles. The monoisotopic (exact) mass is 1700 g/mol. The molecule has 0 amide bonds. The molecule has 0 spiro atoms. The summed E-state index contributed by atoms with van der Waals surface area (Å²) >= 11 is 0. The Kier molecular flexibility index (Phi) is 80.0. The third-order valence-electron chi connectivity index (χ3n) is 18.0. The second-order valence-corrected chi connectivity index (χ2v) is 33.2. The predicted molar refractivity (Wildman–Crippen MR) is 402 cm³/mol. The summed E-state index contributed by atoms with van der Waals surface area (Å²) in [7, 11) is 0. The maximum atomic E-state index is 12.1. The molecule has 0 aromatic carbocycles. The van der Waals surface area contributed by atoms with Crippen molar-refractivity contribution in [3.63, 3.8) is 0 Å². The Bertz CT molecular complexity index is 1890. The van der Waals surface area contributed by atoms with E-state index >= 15 is 0 Å². The lowest BCUT2D eigenvalue weighted by Gasteiger charge is -2.31. The molecule has 0 fully saturated rings. The molecule has 0 aromatic rings. The molecule has 0 aliphatic carbocycles. The Morgan fingerprint density at radius 2 is 0.604 bits per heavy atom. The summed E-state index contributed by atoms with van der Waals surface area (Å²) in [5.41, 5.74) is -1.99. The zero-order chi connectivity index (χ0) is 92.5. The topological polar surface area (TPSA) is 0 Å². The van der Waals surface area contributed by atoms with Crippen LogP contribution in [0.25, 0.3) is 0 Å². The SMILES string of the molecule is CC(C)C(C)(C)C(F)(F)F.CC(C)CC(C(F)(F)F)C(F)(F)F.CCC(C)(C)C.CCC(C)(C)C.CCC(C)CC.CCC(CC)CC(F)(F)F.CCCC(C)(C)C(F)(F)F.CCCCC(C(F)(F)F)C(F)(F)F.CCCCC(C)C.CCCCCCC(F)(F)F.CCC[C@H](C)CC(F)(F)F.CC[C@H](C)C(C)C(F)(F)F. The van der Waals surface area contributed by atoms with Crippen LogP contribution in [-0.4, -0.2) is 61.8 Å². The highest BCUT2D eigenvalue weighted by atomic mass is 19.5. The van der Waals surface area contributed by atoms with Crippen LogP contribution in [0.5, 0.6) is 0 Å². The summed E-state index contributed by atoms with van der Waals surface area (Å²) in [6.45, 7) is 59.1. The predicted octanol–water partition coefficient (Wildman–Crippen LogP) is 38.0. The van der Waals surface area contributed by atoms with Gasteiger partial charge in [-0.2, -0.15) is 132 Å². The number of hydrogen-bond acceptors (Lipinski definition) is 0. The van der Waals surface area contributed by atoms with Gasteiger partial charge in [0.05, 0.1) is 16.7 Å². The van der Waals surface area contributed by atoms with Gasteiger partial charge in [0, 0.05) is 19.3 Å². The van der Waals surface area contributed by atoms with Crippen LogP contribution in [0.15, 0.2) is 0 Å². The molecule has 0 saturated heterocycles. The van der Waals surface area contributed by atoms with Crippen molar-refractivity contribution in [1.82, 2.24) is 0 Å². The van der Waals surface area contributed by atoms with Crippen LogP contribution in [0.1, 0.15) is 382 Å². The minimum Gasteiger partial charge on any atom is -0.171 e. The minimum absolute atomic E-state index is 0.0658. The van der Waals surface area contributed by atoms with E-state index in [4.69, 9.17) is 0 Å². The van der Waals surface area contributed by atoms with Crippen LogP contribution in [0, 0.1) is 80.8 Å². The van der Waals surface area contributed by atoms with Crippen molar-refractivity contribution in [3.8, 4) is 0 Å². The maximum Gasteiger partial charge on any atom is 0.400 e. The molecule has 0 heterocycles. The van der Waals surface area contributed by atoms with Gasteiger partial charge in [-0.1, -0.05) is 337 Å². The number of rotatable bonds is 25. The Morgan fingerprint density at radius 3 is 0.739 bits per heavy atom. The van der Waals surface area contributed by atoms with Crippen molar-refractivity contribution < 1.29 is 132 Å². The average molecular weight is 1700 g/mol. The first-order valence-corrected chi connectivity index (χ1v) is 39.5. The van der Waals surface area contributed by atoms with E-state index in [0.717, 1.165) is 31.1 Å². The quantitative estimate of drug-likeness (QED) is 0.0631. The summed E-state index contributed by atoms with van der Waals surface area (Å²) < 4.78 is 354. The van der Waals surface area contributed by atoms with E-state index in [1.54, 1.807) is 62.3 Å². The summed E-state index contributed by atoms with van der Waals surface area (Å²) in [6, 6.07) is 0. The van der Waals surface area contributed by atoms with Crippen LogP contribution in [-0.2, 0) is 0 Å². The molecule has 0 bridgehead atoms. The van der Waals surface area contributed by atoms with E-state index in [1.165, 1.54) is 93.4 Å². The number of unbranched alkanes of at least 4 members (excludes halogenated alkanes) is 5. The van der Waals surface area contributed by atoms with E-state index < -0.39 is 128 Å². The molecule has 0 aliphatic heterocycles. The van der Waals surface area contributed by atoms with E-state index in [9.17, 15) is 132 Å². The third kappa shape index (κ3) is 104. The van der Waals surface area contributed by atoms with Crippen molar-refractivity contribution in [2.45, 2.75) is 444 Å². The molecule has 30 heteroatoms. The maximum absolute atomic E-state index is 12.1. The Morgan fingerprint density at radius 1 is 0.270 bits per heavy atom. The molecule has 0 N–H and O–H groups in total. The molecule has 111 heavy (non-hydrogen) atoms. The summed E-state index contributed by atoms with van der Waals surface area (Å²) in [5.74, 6) is -7.35. The zero-order valence-corrected chi connectivity index (χ0v) is 73.8. The molecule has 0 nitrogen and oxygen atoms in total. The van der Waals surface area contributed by atoms with Crippen molar-refractivity contribution in [2.24, 2.45) is 80.8 Å². The Hall–Kier alpha value is -2.10. The van der Waals surface area contributed by atoms with E-state index in [0.29, 0.717) is 55.8 Å². The van der Waals surface area contributed by atoms with Crippen LogP contribution in [0.3, 0.4) is 0 Å². The van der Waals surface area contributed by atoms with Crippen molar-refractivity contribution in [3.05, 3.63) is 0 Å². The van der Waals surface area contributed by atoms with Gasteiger partial charge in [-0.05, 0) is 77.9 Å². The smallest absolute Gasteiger partial charge is 0.171 e. The van der Waals surface area contributed by atoms with Crippen LogP contribution < -0.4 is 0 Å². The fourth-order valence-electron chi connectivity index (χ4n) is 7.16. The van der Waals surface area contributed by atoms with Crippen LogP contribution >= 0.6 is 0 Å². The fraction of sp³-hybridized carbons (Fsp3) is 1.00. The minimum atomic E-state index is -5.19. The van der Waals surface area contributed by atoms with Gasteiger partial charge < -0.3 is 0 Å². The van der Waals surface area contributed by atoms with Crippen LogP contribution in [0.4, 0.5) is 132 Å². The van der Waals surface area contributed by atoms with Crippen LogP contribution in [0.2, 0.25) is 0 Å². The van der Waals surface area contributed by atoms with E-state index in [2.05, 4.69) is 96.9 Å². The highest BCUT2D eigenvalue weighted by Gasteiger charge is 2.57. The summed E-state index contributed by atoms with van der Waals surface area (Å²) in [4.78, 5) is 0. The molecule has 0 aromatic heterocycles. The van der Waals surface area contributed by atoms with Gasteiger partial charge in [-0.3, -0.25) is 0 Å². The fourth-order valence-corrected chi connectivity index (χ4v) is 7.16. The molecular formula is C81H156F30. The molecule has 3 atom stereocenters. The largest absolute Gasteiger partial charge is 0.400 e. The van der Waals surface area contributed by atoms with Gasteiger partial charge in [0.1, 0.15) is 0 Å². The molecule has 690 valence electrons. The highest BCUT2D eigenvalue weighted by molar-refractivity contribution is 4.81. The second kappa shape index (κ2) is 65.8. The lowest BCUT2D eigenvalue weighted by atomic mass is 9.81. The normalized spacial score (nSPS) is 13.6. The number of halogens is 30. The lowest BCUT2D eigenvalue weighted by Crippen LogP contribution is -2.37. The van der Waals surface area contributed by atoms with Gasteiger partial charge >= 0.3 is 61.8 Å². The second-order valence-electron chi connectivity index (χ2n) is 33.2. The molecule has 0 radical (unpaired) electrons.